The Labute approximate surface area is 77.7 Å². The number of hydrogen-bond donors (Lipinski definition) is 1. The van der Waals surface area contributed by atoms with E-state index in [4.69, 9.17) is 0 Å². The van der Waals surface area contributed by atoms with Crippen molar-refractivity contribution in [1.82, 2.24) is 5.32 Å². The highest BCUT2D eigenvalue weighted by Gasteiger charge is 2.51. The zero-order valence-electron chi connectivity index (χ0n) is 8.46. The normalized spacial score (nSPS) is 13.4. The fourth-order valence-electron chi connectivity index (χ4n) is 1.65. The molecule has 1 N–H and O–H groups in total. The number of hydrogen-bond acceptors (Lipinski definition) is 1. The van der Waals surface area contributed by atoms with Crippen molar-refractivity contribution < 1.29 is 13.2 Å². The molecule has 13 heavy (non-hydrogen) atoms. The maximum absolute atomic E-state index is 12.7. The zero-order chi connectivity index (χ0) is 10.5. The Morgan fingerprint density at radius 1 is 1.00 bits per heavy atom. The first-order valence-corrected chi connectivity index (χ1v) is 4.69. The number of rotatable bonds is 5. The second kappa shape index (κ2) is 4.84. The molecule has 0 atom stereocenters. The molecule has 80 valence electrons. The molecule has 4 heteroatoms. The Balaban J connectivity index is 4.64. The standard InChI is InChI=1S/C9H18F3N/c1-4-6-8(13-3,7-5-2)9(10,11)12/h13H,4-7H2,1-3H3. The molecule has 0 aliphatic rings. The van der Waals surface area contributed by atoms with Gasteiger partial charge in [0.1, 0.15) is 5.54 Å². The van der Waals surface area contributed by atoms with Crippen molar-refractivity contribution in [3.05, 3.63) is 0 Å². The SMILES string of the molecule is CCCC(CCC)(NC)C(F)(F)F. The van der Waals surface area contributed by atoms with Crippen molar-refractivity contribution in [1.29, 1.82) is 0 Å². The quantitative estimate of drug-likeness (QED) is 0.714. The van der Waals surface area contributed by atoms with Gasteiger partial charge in [-0.2, -0.15) is 13.2 Å². The van der Waals surface area contributed by atoms with Gasteiger partial charge in [0.15, 0.2) is 0 Å². The Hall–Kier alpha value is -0.250. The lowest BCUT2D eigenvalue weighted by Gasteiger charge is -2.35. The van der Waals surface area contributed by atoms with Crippen LogP contribution in [0.15, 0.2) is 0 Å². The molecule has 0 aromatic carbocycles. The van der Waals surface area contributed by atoms with Crippen LogP contribution < -0.4 is 5.32 Å². The lowest BCUT2D eigenvalue weighted by Crippen LogP contribution is -2.55. The Morgan fingerprint density at radius 2 is 1.38 bits per heavy atom. The third-order valence-corrected chi connectivity index (χ3v) is 2.37. The number of alkyl halides is 3. The van der Waals surface area contributed by atoms with Crippen molar-refractivity contribution >= 4 is 0 Å². The summed E-state index contributed by atoms with van der Waals surface area (Å²) >= 11 is 0. The topological polar surface area (TPSA) is 12.0 Å². The lowest BCUT2D eigenvalue weighted by molar-refractivity contribution is -0.199. The van der Waals surface area contributed by atoms with Crippen molar-refractivity contribution in [2.24, 2.45) is 0 Å². The summed E-state index contributed by atoms with van der Waals surface area (Å²) in [6, 6.07) is 0. The van der Waals surface area contributed by atoms with Gasteiger partial charge in [-0.1, -0.05) is 26.7 Å². The van der Waals surface area contributed by atoms with Crippen molar-refractivity contribution in [3.8, 4) is 0 Å². The molecule has 0 aromatic rings. The van der Waals surface area contributed by atoms with E-state index in [9.17, 15) is 13.2 Å². The van der Waals surface area contributed by atoms with Crippen LogP contribution in [0.5, 0.6) is 0 Å². The summed E-state index contributed by atoms with van der Waals surface area (Å²) < 4.78 is 38.1. The maximum Gasteiger partial charge on any atom is 0.406 e. The van der Waals surface area contributed by atoms with Crippen LogP contribution in [0.2, 0.25) is 0 Å². The third-order valence-electron chi connectivity index (χ3n) is 2.37. The molecule has 0 unspecified atom stereocenters. The van der Waals surface area contributed by atoms with Crippen LogP contribution in [-0.2, 0) is 0 Å². The highest BCUT2D eigenvalue weighted by molar-refractivity contribution is 4.93. The predicted molar refractivity (Wildman–Crippen MR) is 47.7 cm³/mol. The highest BCUT2D eigenvalue weighted by Crippen LogP contribution is 2.37. The molecule has 0 radical (unpaired) electrons. The van der Waals surface area contributed by atoms with E-state index in [2.05, 4.69) is 5.32 Å². The van der Waals surface area contributed by atoms with E-state index in [0.717, 1.165) is 0 Å². The van der Waals surface area contributed by atoms with Crippen LogP contribution in [0.4, 0.5) is 13.2 Å². The maximum atomic E-state index is 12.7. The van der Waals surface area contributed by atoms with Gasteiger partial charge in [0.05, 0.1) is 0 Å². The van der Waals surface area contributed by atoms with Gasteiger partial charge in [-0.15, -0.1) is 0 Å². The van der Waals surface area contributed by atoms with Crippen LogP contribution >= 0.6 is 0 Å². The fraction of sp³-hybridized carbons (Fsp3) is 1.00. The van der Waals surface area contributed by atoms with Gasteiger partial charge in [0, 0.05) is 0 Å². The molecule has 0 aromatic heterocycles. The first-order valence-electron chi connectivity index (χ1n) is 4.69. The molecule has 0 aliphatic carbocycles. The molecule has 0 aliphatic heterocycles. The molecule has 0 spiro atoms. The molecule has 0 saturated carbocycles. The van der Waals surface area contributed by atoms with Crippen LogP contribution in [0.3, 0.4) is 0 Å². The van der Waals surface area contributed by atoms with Gasteiger partial charge < -0.3 is 5.32 Å². The summed E-state index contributed by atoms with van der Waals surface area (Å²) in [6.45, 7) is 3.54. The van der Waals surface area contributed by atoms with E-state index in [0.29, 0.717) is 12.8 Å². The largest absolute Gasteiger partial charge is 0.406 e. The van der Waals surface area contributed by atoms with E-state index >= 15 is 0 Å². The first-order chi connectivity index (χ1) is 5.93. The molecular formula is C9H18F3N. The smallest absolute Gasteiger partial charge is 0.307 e. The second-order valence-electron chi connectivity index (χ2n) is 3.33. The number of nitrogens with one attached hydrogen (secondary N) is 1. The van der Waals surface area contributed by atoms with Crippen LogP contribution in [0.1, 0.15) is 39.5 Å². The van der Waals surface area contributed by atoms with Crippen molar-refractivity contribution in [2.75, 3.05) is 7.05 Å². The summed E-state index contributed by atoms with van der Waals surface area (Å²) in [5.74, 6) is 0. The molecule has 0 fully saturated rings. The van der Waals surface area contributed by atoms with Crippen LogP contribution in [-0.4, -0.2) is 18.8 Å². The Kier molecular flexibility index (Phi) is 4.75. The monoisotopic (exact) mass is 197 g/mol. The van der Waals surface area contributed by atoms with Gasteiger partial charge in [-0.05, 0) is 19.9 Å². The van der Waals surface area contributed by atoms with Crippen molar-refractivity contribution in [2.45, 2.75) is 51.2 Å². The van der Waals surface area contributed by atoms with Gasteiger partial charge >= 0.3 is 6.18 Å². The molecule has 0 heterocycles. The minimum absolute atomic E-state index is 0.154. The van der Waals surface area contributed by atoms with E-state index in [-0.39, 0.29) is 12.8 Å². The van der Waals surface area contributed by atoms with Gasteiger partial charge in [-0.3, -0.25) is 0 Å². The average Bonchev–Trinajstić information content (AvgIpc) is 2.02. The van der Waals surface area contributed by atoms with E-state index in [1.807, 2.05) is 0 Å². The Bertz CT molecular complexity index is 136. The first kappa shape index (κ1) is 12.8. The highest BCUT2D eigenvalue weighted by atomic mass is 19.4. The lowest BCUT2D eigenvalue weighted by atomic mass is 9.88. The van der Waals surface area contributed by atoms with E-state index in [1.165, 1.54) is 7.05 Å². The van der Waals surface area contributed by atoms with Gasteiger partial charge in [0.25, 0.3) is 0 Å². The molecular weight excluding hydrogens is 179 g/mol. The van der Waals surface area contributed by atoms with E-state index in [1.54, 1.807) is 13.8 Å². The summed E-state index contributed by atoms with van der Waals surface area (Å²) in [5, 5.41) is 2.43. The van der Waals surface area contributed by atoms with Crippen molar-refractivity contribution in [3.63, 3.8) is 0 Å². The fourth-order valence-corrected chi connectivity index (χ4v) is 1.65. The summed E-state index contributed by atoms with van der Waals surface area (Å²) in [6.07, 6.45) is -2.75. The minimum atomic E-state index is -4.15. The molecule has 0 bridgehead atoms. The van der Waals surface area contributed by atoms with Gasteiger partial charge in [0.2, 0.25) is 0 Å². The van der Waals surface area contributed by atoms with Crippen LogP contribution in [0, 0.1) is 0 Å². The Morgan fingerprint density at radius 3 is 1.54 bits per heavy atom. The average molecular weight is 197 g/mol. The molecule has 0 rings (SSSR count). The van der Waals surface area contributed by atoms with Gasteiger partial charge in [-0.25, -0.2) is 0 Å². The number of halogens is 3. The third kappa shape index (κ3) is 2.86. The summed E-state index contributed by atoms with van der Waals surface area (Å²) in [7, 11) is 1.39. The summed E-state index contributed by atoms with van der Waals surface area (Å²) in [4.78, 5) is 0. The second-order valence-corrected chi connectivity index (χ2v) is 3.33. The molecule has 0 amide bonds. The predicted octanol–water partition coefficient (Wildman–Crippen LogP) is 3.11. The summed E-state index contributed by atoms with van der Waals surface area (Å²) in [5.41, 5.74) is -1.67. The molecule has 1 nitrogen and oxygen atoms in total. The van der Waals surface area contributed by atoms with Crippen LogP contribution in [0.25, 0.3) is 0 Å². The zero-order valence-corrected chi connectivity index (χ0v) is 8.46. The minimum Gasteiger partial charge on any atom is -0.307 e. The molecule has 0 saturated heterocycles. The van der Waals surface area contributed by atoms with E-state index < -0.39 is 11.7 Å².